The topological polar surface area (TPSA) is 95.7 Å². The fourth-order valence-electron chi connectivity index (χ4n) is 4.25. The summed E-state index contributed by atoms with van der Waals surface area (Å²) < 4.78 is 0. The monoisotopic (exact) mass is 423 g/mol. The average molecular weight is 424 g/mol. The molecule has 2 aromatic rings. The van der Waals surface area contributed by atoms with Crippen molar-refractivity contribution in [2.45, 2.75) is 58.1 Å². The van der Waals surface area contributed by atoms with Crippen LogP contribution >= 0.6 is 0 Å². The molecule has 0 bridgehead atoms. The number of hydrogen-bond acceptors (Lipinski definition) is 4. The van der Waals surface area contributed by atoms with Crippen molar-refractivity contribution in [3.8, 4) is 0 Å². The number of benzene rings is 2. The Balaban J connectivity index is 1.79. The van der Waals surface area contributed by atoms with Crippen LogP contribution in [0.5, 0.6) is 0 Å². The predicted molar refractivity (Wildman–Crippen MR) is 123 cm³/mol. The Labute approximate surface area is 184 Å². The summed E-state index contributed by atoms with van der Waals surface area (Å²) in [5, 5.41) is 13.0. The van der Waals surface area contributed by atoms with E-state index in [1.165, 1.54) is 5.56 Å². The van der Waals surface area contributed by atoms with Gasteiger partial charge in [0.15, 0.2) is 0 Å². The van der Waals surface area contributed by atoms with Gasteiger partial charge in [-0.2, -0.15) is 0 Å². The zero-order valence-electron chi connectivity index (χ0n) is 18.4. The molecule has 6 nitrogen and oxygen atoms in total. The lowest BCUT2D eigenvalue weighted by molar-refractivity contribution is -0.129. The minimum absolute atomic E-state index is 0.104. The van der Waals surface area contributed by atoms with E-state index in [1.807, 2.05) is 37.3 Å². The van der Waals surface area contributed by atoms with Crippen LogP contribution in [0.15, 0.2) is 42.5 Å². The minimum Gasteiger partial charge on any atom is -0.399 e. The van der Waals surface area contributed by atoms with Crippen LogP contribution in [-0.4, -0.2) is 41.0 Å². The lowest BCUT2D eigenvalue weighted by atomic mass is 9.91. The number of nitrogens with zero attached hydrogens (tertiary/aromatic N) is 1. The van der Waals surface area contributed by atoms with Gasteiger partial charge in [0, 0.05) is 24.3 Å². The Morgan fingerprint density at radius 1 is 1.23 bits per heavy atom. The number of fused-ring (bicyclic) bond motifs is 1. The molecule has 2 aromatic carbocycles. The molecule has 0 spiro atoms. The number of anilines is 1. The fourth-order valence-corrected chi connectivity index (χ4v) is 4.25. The zero-order chi connectivity index (χ0) is 22.4. The number of hydrogen-bond donors (Lipinski definition) is 3. The van der Waals surface area contributed by atoms with Crippen molar-refractivity contribution in [2.24, 2.45) is 0 Å². The highest BCUT2D eigenvalue weighted by Gasteiger charge is 2.32. The molecule has 6 heteroatoms. The normalized spacial score (nSPS) is 16.5. The Kier molecular flexibility index (Phi) is 7.69. The van der Waals surface area contributed by atoms with Crippen LogP contribution in [0.1, 0.15) is 65.7 Å². The van der Waals surface area contributed by atoms with Crippen molar-refractivity contribution in [3.63, 3.8) is 0 Å². The number of aryl methyl sites for hydroxylation is 1. The first-order valence-electron chi connectivity index (χ1n) is 11.1. The maximum atomic E-state index is 13.4. The van der Waals surface area contributed by atoms with E-state index in [4.69, 9.17) is 5.73 Å². The van der Waals surface area contributed by atoms with Gasteiger partial charge in [-0.05, 0) is 54.7 Å². The van der Waals surface area contributed by atoms with E-state index in [0.29, 0.717) is 24.2 Å². The van der Waals surface area contributed by atoms with Gasteiger partial charge in [-0.15, -0.1) is 0 Å². The third-order valence-corrected chi connectivity index (χ3v) is 5.87. The van der Waals surface area contributed by atoms with Crippen molar-refractivity contribution in [1.29, 1.82) is 0 Å². The Bertz CT molecular complexity index is 908. The molecule has 0 saturated heterocycles. The van der Waals surface area contributed by atoms with E-state index in [-0.39, 0.29) is 24.4 Å². The number of nitrogens with two attached hydrogens (primary N) is 1. The highest BCUT2D eigenvalue weighted by Crippen LogP contribution is 2.31. The van der Waals surface area contributed by atoms with Crippen molar-refractivity contribution in [3.05, 3.63) is 64.7 Å². The number of aliphatic hydroxyl groups is 1. The molecule has 2 atom stereocenters. The second-order valence-corrected chi connectivity index (χ2v) is 8.35. The summed E-state index contributed by atoms with van der Waals surface area (Å²) in [5.74, 6) is -0.487. The standard InChI is InChI=1S/C25H33N3O3/c1-3-4-5-10-23(29)24(30)27-16-22-21-9-7-6-8-18(21)11-12-28(22)25(31)19-13-17(2)14-20(26)15-19/h6-9,13-15,22-23,29H,3-5,10-12,16,26H2,1-2H3,(H,27,30). The maximum Gasteiger partial charge on any atom is 0.254 e. The largest absolute Gasteiger partial charge is 0.399 e. The van der Waals surface area contributed by atoms with Crippen molar-refractivity contribution in [2.75, 3.05) is 18.8 Å². The van der Waals surface area contributed by atoms with E-state index in [0.717, 1.165) is 36.8 Å². The summed E-state index contributed by atoms with van der Waals surface area (Å²) in [6.07, 6.45) is 3.03. The SMILES string of the molecule is CCCCCC(O)C(=O)NCC1c2ccccc2CCN1C(=O)c1cc(C)cc(N)c1. The summed E-state index contributed by atoms with van der Waals surface area (Å²) in [4.78, 5) is 27.6. The summed E-state index contributed by atoms with van der Waals surface area (Å²) in [5.41, 5.74) is 10.2. The summed E-state index contributed by atoms with van der Waals surface area (Å²) >= 11 is 0. The predicted octanol–water partition coefficient (Wildman–Crippen LogP) is 3.37. The Morgan fingerprint density at radius 3 is 2.74 bits per heavy atom. The van der Waals surface area contributed by atoms with Crippen LogP contribution in [0.2, 0.25) is 0 Å². The van der Waals surface area contributed by atoms with E-state index >= 15 is 0 Å². The molecule has 0 aliphatic carbocycles. The molecule has 0 aromatic heterocycles. The number of nitrogen functional groups attached to an aromatic ring is 1. The van der Waals surface area contributed by atoms with Gasteiger partial charge in [-0.25, -0.2) is 0 Å². The number of unbranched alkanes of at least 4 members (excludes halogenated alkanes) is 2. The van der Waals surface area contributed by atoms with Gasteiger partial charge >= 0.3 is 0 Å². The van der Waals surface area contributed by atoms with Gasteiger partial charge in [-0.1, -0.05) is 50.5 Å². The van der Waals surface area contributed by atoms with Gasteiger partial charge in [0.2, 0.25) is 5.91 Å². The molecule has 1 heterocycles. The molecule has 166 valence electrons. The van der Waals surface area contributed by atoms with Crippen molar-refractivity contribution in [1.82, 2.24) is 10.2 Å². The number of carbonyl (C=O) groups excluding carboxylic acids is 2. The molecule has 1 aliphatic heterocycles. The lowest BCUT2D eigenvalue weighted by Crippen LogP contribution is -2.46. The van der Waals surface area contributed by atoms with Gasteiger partial charge in [0.05, 0.1) is 6.04 Å². The van der Waals surface area contributed by atoms with E-state index < -0.39 is 6.10 Å². The highest BCUT2D eigenvalue weighted by atomic mass is 16.3. The molecule has 0 fully saturated rings. The summed E-state index contributed by atoms with van der Waals surface area (Å²) in [6.45, 7) is 4.81. The average Bonchev–Trinajstić information content (AvgIpc) is 2.76. The van der Waals surface area contributed by atoms with E-state index in [1.54, 1.807) is 11.0 Å². The quantitative estimate of drug-likeness (QED) is 0.448. The van der Waals surface area contributed by atoms with Gasteiger partial charge in [-0.3, -0.25) is 9.59 Å². The molecule has 0 saturated carbocycles. The van der Waals surface area contributed by atoms with Crippen LogP contribution in [0.25, 0.3) is 0 Å². The second kappa shape index (κ2) is 10.4. The third-order valence-electron chi connectivity index (χ3n) is 5.87. The van der Waals surface area contributed by atoms with Crippen molar-refractivity contribution >= 4 is 17.5 Å². The van der Waals surface area contributed by atoms with Crippen LogP contribution in [0.3, 0.4) is 0 Å². The second-order valence-electron chi connectivity index (χ2n) is 8.35. The molecular formula is C25H33N3O3. The summed E-state index contributed by atoms with van der Waals surface area (Å²) in [7, 11) is 0. The van der Waals surface area contributed by atoms with Gasteiger partial charge < -0.3 is 21.1 Å². The smallest absolute Gasteiger partial charge is 0.254 e. The van der Waals surface area contributed by atoms with Crippen LogP contribution in [-0.2, 0) is 11.2 Å². The molecule has 2 amide bonds. The van der Waals surface area contributed by atoms with E-state index in [9.17, 15) is 14.7 Å². The molecule has 0 radical (unpaired) electrons. The van der Waals surface area contributed by atoms with Crippen LogP contribution in [0, 0.1) is 6.92 Å². The third kappa shape index (κ3) is 5.64. The summed E-state index contributed by atoms with van der Waals surface area (Å²) in [6, 6.07) is 13.1. The molecule has 2 unspecified atom stereocenters. The first-order valence-corrected chi connectivity index (χ1v) is 11.1. The number of nitrogens with one attached hydrogen (secondary N) is 1. The number of aliphatic hydroxyl groups excluding tert-OH is 1. The van der Waals surface area contributed by atoms with Gasteiger partial charge in [0.1, 0.15) is 6.10 Å². The number of amides is 2. The van der Waals surface area contributed by atoms with Crippen molar-refractivity contribution < 1.29 is 14.7 Å². The minimum atomic E-state index is -1.02. The number of carbonyl (C=O) groups is 2. The van der Waals surface area contributed by atoms with Crippen LogP contribution < -0.4 is 11.1 Å². The zero-order valence-corrected chi connectivity index (χ0v) is 18.4. The molecule has 1 aliphatic rings. The first kappa shape index (κ1) is 22.8. The van der Waals surface area contributed by atoms with Crippen LogP contribution in [0.4, 0.5) is 5.69 Å². The molecule has 3 rings (SSSR count). The Hall–Kier alpha value is -2.86. The molecular weight excluding hydrogens is 390 g/mol. The highest BCUT2D eigenvalue weighted by molar-refractivity contribution is 5.96. The molecule has 31 heavy (non-hydrogen) atoms. The number of rotatable bonds is 8. The fraction of sp³-hybridized carbons (Fsp3) is 0.440. The lowest BCUT2D eigenvalue weighted by Gasteiger charge is -2.38. The maximum absolute atomic E-state index is 13.4. The Morgan fingerprint density at radius 2 is 2.00 bits per heavy atom. The van der Waals surface area contributed by atoms with Gasteiger partial charge in [0.25, 0.3) is 5.91 Å². The van der Waals surface area contributed by atoms with E-state index in [2.05, 4.69) is 18.3 Å². The molecule has 4 N–H and O–H groups in total. The first-order chi connectivity index (χ1) is 14.9.